The third-order valence-corrected chi connectivity index (χ3v) is 4.72. The van der Waals surface area contributed by atoms with Gasteiger partial charge < -0.3 is 0 Å². The molecule has 0 aromatic heterocycles. The highest BCUT2D eigenvalue weighted by Crippen LogP contribution is 2.36. The first-order chi connectivity index (χ1) is 11.7. The lowest BCUT2D eigenvalue weighted by molar-refractivity contribution is -0.385. The van der Waals surface area contributed by atoms with Crippen LogP contribution in [0, 0.1) is 45.5 Å². The van der Waals surface area contributed by atoms with Gasteiger partial charge in [-0.25, -0.2) is 18.0 Å². The quantitative estimate of drug-likeness (QED) is 0.253. The van der Waals surface area contributed by atoms with E-state index in [0.717, 1.165) is 12.1 Å². The van der Waals surface area contributed by atoms with Crippen molar-refractivity contribution < 1.29 is 18.1 Å². The number of hydrogen-bond donors (Lipinski definition) is 0. The van der Waals surface area contributed by atoms with Gasteiger partial charge in [-0.15, -0.1) is 0 Å². The minimum Gasteiger partial charge on any atom is -0.258 e. The van der Waals surface area contributed by atoms with Gasteiger partial charge >= 0.3 is 0 Å². The molecule has 0 amide bonds. The Bertz CT molecular complexity index is 974. The summed E-state index contributed by atoms with van der Waals surface area (Å²) >= 11 is 6.17. The molecule has 0 unspecified atom stereocenters. The maximum atomic E-state index is 14.3. The first kappa shape index (κ1) is 18.9. The number of halogens is 5. The highest BCUT2D eigenvalue weighted by atomic mass is 79.9. The van der Waals surface area contributed by atoms with Gasteiger partial charge in [-0.3, -0.25) is 10.1 Å². The molecular weight excluding hydrogens is 471 g/mol. The van der Waals surface area contributed by atoms with Gasteiger partial charge in [0.25, 0.3) is 11.4 Å². The molecule has 2 rings (SSSR count). The minimum absolute atomic E-state index is 0.187. The van der Waals surface area contributed by atoms with Gasteiger partial charge in [-0.1, -0.05) is 31.9 Å². The molecule has 0 saturated heterocycles. The molecule has 0 radical (unpaired) electrons. The van der Waals surface area contributed by atoms with Crippen molar-refractivity contribution in [1.82, 2.24) is 0 Å². The van der Waals surface area contributed by atoms with Crippen LogP contribution in [0.5, 0.6) is 0 Å². The van der Waals surface area contributed by atoms with Gasteiger partial charge in [0.05, 0.1) is 17.1 Å². The van der Waals surface area contributed by atoms with Crippen molar-refractivity contribution in [2.24, 2.45) is 0 Å². The lowest BCUT2D eigenvalue weighted by atomic mass is 9.98. The van der Waals surface area contributed by atoms with Crippen molar-refractivity contribution in [3.8, 4) is 6.07 Å². The van der Waals surface area contributed by atoms with Gasteiger partial charge in [0.1, 0.15) is 6.07 Å². The SMILES string of the molecule is [C-]#[N+]c1c(F)c(F)c(Cc2c(Br)cc([N+](=O)[O-])cc2Br)c(C#N)c1F. The molecule has 0 bridgehead atoms. The van der Waals surface area contributed by atoms with Crippen LogP contribution in [0.2, 0.25) is 0 Å². The maximum absolute atomic E-state index is 14.3. The largest absolute Gasteiger partial charge is 0.271 e. The number of rotatable bonds is 3. The number of nitro groups is 1. The van der Waals surface area contributed by atoms with Gasteiger partial charge in [0.2, 0.25) is 0 Å². The Morgan fingerprint density at radius 3 is 2.16 bits per heavy atom. The fraction of sp³-hybridized carbons (Fsp3) is 0.0667. The monoisotopic (exact) mass is 473 g/mol. The van der Waals surface area contributed by atoms with E-state index >= 15 is 0 Å². The molecule has 126 valence electrons. The van der Waals surface area contributed by atoms with Crippen molar-refractivity contribution in [1.29, 1.82) is 5.26 Å². The standard InChI is InChI=1S/C15H4Br2F3N3O2/c1-22-15-13(19)9(5-21)7(12(18)14(15)20)4-8-10(16)2-6(23(24)25)3-11(8)17/h2-3H,4H2. The third kappa shape index (κ3) is 3.36. The Labute approximate surface area is 155 Å². The van der Waals surface area contributed by atoms with Crippen LogP contribution in [0.3, 0.4) is 0 Å². The fourth-order valence-corrected chi connectivity index (χ4v) is 3.56. The summed E-state index contributed by atoms with van der Waals surface area (Å²) in [4.78, 5) is 12.7. The van der Waals surface area contributed by atoms with Crippen LogP contribution >= 0.6 is 31.9 Å². The van der Waals surface area contributed by atoms with E-state index in [9.17, 15) is 23.3 Å². The molecule has 10 heteroatoms. The maximum Gasteiger partial charge on any atom is 0.271 e. The van der Waals surface area contributed by atoms with E-state index in [4.69, 9.17) is 11.8 Å². The molecule has 0 aliphatic rings. The van der Waals surface area contributed by atoms with Crippen LogP contribution in [0.25, 0.3) is 4.85 Å². The Kier molecular flexibility index (Phi) is 5.45. The van der Waals surface area contributed by atoms with Gasteiger partial charge in [0, 0.05) is 33.1 Å². The number of non-ortho nitro benzene ring substituents is 1. The highest BCUT2D eigenvalue weighted by Gasteiger charge is 2.26. The van der Waals surface area contributed by atoms with Crippen molar-refractivity contribution >= 4 is 43.2 Å². The molecule has 0 aliphatic heterocycles. The van der Waals surface area contributed by atoms with Crippen LogP contribution in [0.15, 0.2) is 21.1 Å². The van der Waals surface area contributed by atoms with E-state index in [2.05, 4.69) is 36.7 Å². The second kappa shape index (κ2) is 7.21. The van der Waals surface area contributed by atoms with E-state index in [0.29, 0.717) is 0 Å². The second-order valence-electron chi connectivity index (χ2n) is 4.69. The molecule has 0 aliphatic carbocycles. The smallest absolute Gasteiger partial charge is 0.258 e. The molecule has 25 heavy (non-hydrogen) atoms. The summed E-state index contributed by atoms with van der Waals surface area (Å²) in [7, 11) is 0. The zero-order chi connectivity index (χ0) is 18.9. The fourth-order valence-electron chi connectivity index (χ4n) is 2.11. The van der Waals surface area contributed by atoms with Crippen LogP contribution in [0.1, 0.15) is 16.7 Å². The van der Waals surface area contributed by atoms with Crippen molar-refractivity contribution in [2.75, 3.05) is 0 Å². The van der Waals surface area contributed by atoms with Gasteiger partial charge in [0.15, 0.2) is 17.5 Å². The predicted octanol–water partition coefficient (Wildman–Crippen LogP) is 5.55. The minimum atomic E-state index is -1.68. The third-order valence-electron chi connectivity index (χ3n) is 3.31. The highest BCUT2D eigenvalue weighted by molar-refractivity contribution is 9.11. The molecule has 0 N–H and O–H groups in total. The lowest BCUT2D eigenvalue weighted by Crippen LogP contribution is -2.05. The second-order valence-corrected chi connectivity index (χ2v) is 6.40. The molecule has 5 nitrogen and oxygen atoms in total. The van der Waals surface area contributed by atoms with Crippen molar-refractivity contribution in [3.05, 3.63) is 76.8 Å². The Balaban J connectivity index is 2.69. The number of nitro benzene ring substituents is 1. The summed E-state index contributed by atoms with van der Waals surface area (Å²) < 4.78 is 42.6. The average Bonchev–Trinajstić information content (AvgIpc) is 2.55. The molecule has 0 heterocycles. The number of hydrogen-bond acceptors (Lipinski definition) is 3. The Morgan fingerprint density at radius 1 is 1.16 bits per heavy atom. The van der Waals surface area contributed by atoms with Crippen LogP contribution in [-0.2, 0) is 6.42 Å². The van der Waals surface area contributed by atoms with Crippen LogP contribution in [-0.4, -0.2) is 4.92 Å². The summed E-state index contributed by atoms with van der Waals surface area (Å²) in [6, 6.07) is 3.72. The number of nitrogens with zero attached hydrogens (tertiary/aromatic N) is 3. The van der Waals surface area contributed by atoms with Crippen LogP contribution < -0.4 is 0 Å². The Morgan fingerprint density at radius 2 is 1.72 bits per heavy atom. The first-order valence-electron chi connectivity index (χ1n) is 6.32. The van der Waals surface area contributed by atoms with E-state index < -0.39 is 45.6 Å². The van der Waals surface area contributed by atoms with E-state index in [1.165, 1.54) is 6.07 Å². The number of benzene rings is 2. The van der Waals surface area contributed by atoms with Gasteiger partial charge in [-0.2, -0.15) is 5.26 Å². The summed E-state index contributed by atoms with van der Waals surface area (Å²) in [5.74, 6) is -4.64. The summed E-state index contributed by atoms with van der Waals surface area (Å²) in [6.45, 7) is 6.71. The molecule has 2 aromatic rings. The zero-order valence-corrected chi connectivity index (χ0v) is 15.1. The molecule has 2 aromatic carbocycles. The van der Waals surface area contributed by atoms with Gasteiger partial charge in [-0.05, 0) is 5.56 Å². The topological polar surface area (TPSA) is 71.3 Å². The summed E-state index contributed by atoms with van der Waals surface area (Å²) in [5.41, 5.74) is -2.58. The average molecular weight is 475 g/mol. The first-order valence-corrected chi connectivity index (χ1v) is 7.90. The Hall–Kier alpha value is -2.43. The van der Waals surface area contributed by atoms with E-state index in [1.54, 1.807) is 0 Å². The zero-order valence-electron chi connectivity index (χ0n) is 11.9. The summed E-state index contributed by atoms with van der Waals surface area (Å²) in [6.07, 6.45) is -0.431. The molecule has 0 fully saturated rings. The molecule has 0 spiro atoms. The van der Waals surface area contributed by atoms with Crippen molar-refractivity contribution in [3.63, 3.8) is 0 Å². The van der Waals surface area contributed by atoms with Crippen LogP contribution in [0.4, 0.5) is 24.5 Å². The molecule has 0 atom stereocenters. The lowest BCUT2D eigenvalue weighted by Gasteiger charge is -2.12. The normalized spacial score (nSPS) is 10.2. The summed E-state index contributed by atoms with van der Waals surface area (Å²) in [5, 5.41) is 19.9. The number of nitriles is 1. The predicted molar refractivity (Wildman–Crippen MR) is 88.6 cm³/mol. The molecule has 0 saturated carbocycles. The van der Waals surface area contributed by atoms with Crippen molar-refractivity contribution in [2.45, 2.75) is 6.42 Å². The van der Waals surface area contributed by atoms with E-state index in [-0.39, 0.29) is 20.2 Å². The molecular formula is C15H4Br2F3N3O2. The van der Waals surface area contributed by atoms with E-state index in [1.807, 2.05) is 0 Å².